The van der Waals surface area contributed by atoms with E-state index in [0.717, 1.165) is 5.92 Å². The number of nitrogens with one attached hydrogen (secondary N) is 1. The molecule has 1 N–H and O–H groups in total. The van der Waals surface area contributed by atoms with Gasteiger partial charge in [0.1, 0.15) is 0 Å². The largest absolute Gasteiger partial charge is 0.379 e. The Morgan fingerprint density at radius 2 is 2.00 bits per heavy atom. The van der Waals surface area contributed by atoms with E-state index in [1.807, 2.05) is 0 Å². The molecular weight excluding hydrogens is 302 g/mol. The summed E-state index contributed by atoms with van der Waals surface area (Å²) >= 11 is 0. The van der Waals surface area contributed by atoms with Crippen LogP contribution in [0.4, 0.5) is 0 Å². The number of hydrogen-bond acceptors (Lipinski definition) is 1. The summed E-state index contributed by atoms with van der Waals surface area (Å²) in [7, 11) is 0. The molecule has 1 aliphatic heterocycles. The summed E-state index contributed by atoms with van der Waals surface area (Å²) in [5.74, 6) is 2.12. The Balaban J connectivity index is 2.00. The first-order valence-electron chi connectivity index (χ1n) is 10.5. The maximum atomic E-state index is 3.90. The number of fused-ring (bicyclic) bond motifs is 3. The molecule has 3 rings (SSSR count). The normalized spacial score (nSPS) is 32.2. The van der Waals surface area contributed by atoms with Crippen LogP contribution in [0.2, 0.25) is 0 Å². The van der Waals surface area contributed by atoms with E-state index in [2.05, 4.69) is 64.2 Å². The Kier molecular flexibility index (Phi) is 5.61. The second-order valence-corrected chi connectivity index (χ2v) is 9.17. The lowest BCUT2D eigenvalue weighted by Gasteiger charge is -2.48. The van der Waals surface area contributed by atoms with Gasteiger partial charge < -0.3 is 5.32 Å². The Hall–Kier alpha value is -1.24. The molecule has 1 heterocycles. The summed E-state index contributed by atoms with van der Waals surface area (Å²) in [6.45, 7) is 11.8. The summed E-state index contributed by atoms with van der Waals surface area (Å²) in [6.07, 6.45) is 19.0. The highest BCUT2D eigenvalue weighted by atomic mass is 15.0. The topological polar surface area (TPSA) is 12.0 Å². The molecule has 0 aromatic carbocycles. The van der Waals surface area contributed by atoms with Crippen molar-refractivity contribution in [2.75, 3.05) is 0 Å². The molecule has 0 radical (unpaired) electrons. The second-order valence-electron chi connectivity index (χ2n) is 9.17. The van der Waals surface area contributed by atoms with E-state index >= 15 is 0 Å². The van der Waals surface area contributed by atoms with Crippen LogP contribution in [0.25, 0.3) is 0 Å². The van der Waals surface area contributed by atoms with Gasteiger partial charge in [-0.05, 0) is 74.2 Å². The fraction of sp³-hybridized carbons (Fsp3) is 0.667. The molecule has 0 aromatic heterocycles. The van der Waals surface area contributed by atoms with E-state index < -0.39 is 0 Å². The highest BCUT2D eigenvalue weighted by Crippen LogP contribution is 2.44. The fourth-order valence-electron chi connectivity index (χ4n) is 5.13. The molecule has 3 aliphatic rings. The van der Waals surface area contributed by atoms with Crippen molar-refractivity contribution in [1.82, 2.24) is 5.32 Å². The number of rotatable bonds is 5. The maximum absolute atomic E-state index is 3.90. The molecule has 0 spiro atoms. The van der Waals surface area contributed by atoms with Gasteiger partial charge in [0, 0.05) is 17.2 Å². The zero-order valence-electron chi connectivity index (χ0n) is 17.0. The van der Waals surface area contributed by atoms with Crippen LogP contribution in [0.3, 0.4) is 0 Å². The molecule has 1 nitrogen and oxygen atoms in total. The third kappa shape index (κ3) is 3.96. The van der Waals surface area contributed by atoms with Crippen LogP contribution in [0, 0.1) is 17.8 Å². The monoisotopic (exact) mass is 339 g/mol. The first-order chi connectivity index (χ1) is 11.9. The summed E-state index contributed by atoms with van der Waals surface area (Å²) in [5.41, 5.74) is 6.12. The Bertz CT molecular complexity index is 616. The highest BCUT2D eigenvalue weighted by Gasteiger charge is 2.41. The Labute approximate surface area is 155 Å². The van der Waals surface area contributed by atoms with E-state index in [-0.39, 0.29) is 5.54 Å². The van der Waals surface area contributed by atoms with Crippen LogP contribution in [0.1, 0.15) is 79.6 Å². The van der Waals surface area contributed by atoms with Crippen LogP contribution in [-0.2, 0) is 0 Å². The average Bonchev–Trinajstić information content (AvgIpc) is 2.55. The molecule has 0 amide bonds. The van der Waals surface area contributed by atoms with Crippen molar-refractivity contribution in [3.8, 4) is 0 Å². The van der Waals surface area contributed by atoms with Gasteiger partial charge in [-0.25, -0.2) is 0 Å². The molecule has 0 aromatic rings. The lowest BCUT2D eigenvalue weighted by atomic mass is 9.67. The lowest BCUT2D eigenvalue weighted by molar-refractivity contribution is 0.197. The van der Waals surface area contributed by atoms with Crippen molar-refractivity contribution in [3.63, 3.8) is 0 Å². The highest BCUT2D eigenvalue weighted by molar-refractivity contribution is 5.49. The molecule has 138 valence electrons. The van der Waals surface area contributed by atoms with E-state index in [0.29, 0.717) is 11.8 Å². The molecule has 2 bridgehead atoms. The molecule has 3 unspecified atom stereocenters. The molecule has 1 saturated carbocycles. The van der Waals surface area contributed by atoms with Crippen LogP contribution in [-0.4, -0.2) is 5.54 Å². The SMILES string of the molecule is CCCC(CC(C)C)C1=C/C=C(\C)C2=CC(=C1)C1CCCCC1(C)N2. The molecule has 25 heavy (non-hydrogen) atoms. The summed E-state index contributed by atoms with van der Waals surface area (Å²) in [4.78, 5) is 0. The minimum Gasteiger partial charge on any atom is -0.379 e. The predicted molar refractivity (Wildman–Crippen MR) is 109 cm³/mol. The van der Waals surface area contributed by atoms with E-state index in [1.54, 1.807) is 11.1 Å². The van der Waals surface area contributed by atoms with Gasteiger partial charge in [-0.2, -0.15) is 0 Å². The first-order valence-corrected chi connectivity index (χ1v) is 10.5. The van der Waals surface area contributed by atoms with Gasteiger partial charge in [0.2, 0.25) is 0 Å². The molecule has 1 fully saturated rings. The van der Waals surface area contributed by atoms with Gasteiger partial charge >= 0.3 is 0 Å². The first kappa shape index (κ1) is 18.5. The Morgan fingerprint density at radius 3 is 2.72 bits per heavy atom. The van der Waals surface area contributed by atoms with E-state index in [4.69, 9.17) is 0 Å². The van der Waals surface area contributed by atoms with Crippen LogP contribution in [0.15, 0.2) is 46.7 Å². The van der Waals surface area contributed by atoms with Gasteiger partial charge in [-0.1, -0.05) is 58.3 Å². The van der Waals surface area contributed by atoms with E-state index in [1.165, 1.54) is 56.2 Å². The summed E-state index contributed by atoms with van der Waals surface area (Å²) in [5, 5.41) is 3.90. The average molecular weight is 340 g/mol. The second kappa shape index (κ2) is 7.56. The molecule has 1 heteroatoms. The minimum atomic E-state index is 0.240. The molecule has 2 aliphatic carbocycles. The zero-order valence-corrected chi connectivity index (χ0v) is 17.0. The number of allylic oxidation sites excluding steroid dienone is 6. The van der Waals surface area contributed by atoms with Gasteiger partial charge in [-0.3, -0.25) is 0 Å². The summed E-state index contributed by atoms with van der Waals surface area (Å²) < 4.78 is 0. The van der Waals surface area contributed by atoms with Crippen LogP contribution >= 0.6 is 0 Å². The fourth-order valence-corrected chi connectivity index (χ4v) is 5.13. The predicted octanol–water partition coefficient (Wildman–Crippen LogP) is 6.70. The molecule has 0 saturated heterocycles. The maximum Gasteiger partial charge on any atom is 0.0414 e. The number of hydrogen-bond donors (Lipinski definition) is 1. The third-order valence-corrected chi connectivity index (χ3v) is 6.49. The molecule has 3 atom stereocenters. The smallest absolute Gasteiger partial charge is 0.0414 e. The van der Waals surface area contributed by atoms with Crippen molar-refractivity contribution >= 4 is 0 Å². The summed E-state index contributed by atoms with van der Waals surface area (Å²) in [6, 6.07) is 0. The Morgan fingerprint density at radius 1 is 1.20 bits per heavy atom. The quantitative estimate of drug-likeness (QED) is 0.588. The van der Waals surface area contributed by atoms with Crippen molar-refractivity contribution in [2.24, 2.45) is 17.8 Å². The van der Waals surface area contributed by atoms with E-state index in [9.17, 15) is 0 Å². The van der Waals surface area contributed by atoms with Gasteiger partial charge in [-0.15, -0.1) is 0 Å². The van der Waals surface area contributed by atoms with Crippen molar-refractivity contribution < 1.29 is 0 Å². The standard InChI is InChI=1S/C24H37N/c1-6-9-19(14-17(2)3)20-12-11-18(4)23-16-21(15-20)22-10-7-8-13-24(22,5)25-23/h11-12,15-17,19,22,25H,6-10,13-14H2,1-5H3/b12-11?,18-11+,20-12?,20-15?,21-15?,23-18?. The van der Waals surface area contributed by atoms with Crippen LogP contribution < -0.4 is 5.32 Å². The van der Waals surface area contributed by atoms with Gasteiger partial charge in [0.25, 0.3) is 0 Å². The molecular formula is C24H37N. The lowest BCUT2D eigenvalue weighted by Crippen LogP contribution is -2.53. The van der Waals surface area contributed by atoms with Gasteiger partial charge in [0.05, 0.1) is 0 Å². The van der Waals surface area contributed by atoms with Crippen molar-refractivity contribution in [3.05, 3.63) is 46.7 Å². The van der Waals surface area contributed by atoms with Crippen molar-refractivity contribution in [2.45, 2.75) is 85.1 Å². The third-order valence-electron chi connectivity index (χ3n) is 6.49. The van der Waals surface area contributed by atoms with Gasteiger partial charge in [0.15, 0.2) is 0 Å². The zero-order chi connectivity index (χ0) is 18.0. The van der Waals surface area contributed by atoms with Crippen LogP contribution in [0.5, 0.6) is 0 Å². The minimum absolute atomic E-state index is 0.240. The van der Waals surface area contributed by atoms with Crippen molar-refractivity contribution in [1.29, 1.82) is 0 Å².